The molecule has 0 fully saturated rings. The number of nitrogens with one attached hydrogen (secondary N) is 1. The van der Waals surface area contributed by atoms with Crippen LogP contribution in [0.2, 0.25) is 0 Å². The first kappa shape index (κ1) is 8.70. The predicted octanol–water partition coefficient (Wildman–Crippen LogP) is 1.33. The third-order valence-electron chi connectivity index (χ3n) is 1.47. The quantitative estimate of drug-likeness (QED) is 0.676. The SMILES string of the molecule is Cc1[nH]c(=O)c(C(F)F)cc1O. The zero-order valence-corrected chi connectivity index (χ0v) is 6.27. The molecular weight excluding hydrogens is 168 g/mol. The highest BCUT2D eigenvalue weighted by Gasteiger charge is 2.13. The number of alkyl halides is 2. The van der Waals surface area contributed by atoms with Crippen LogP contribution < -0.4 is 5.56 Å². The topological polar surface area (TPSA) is 53.1 Å². The lowest BCUT2D eigenvalue weighted by Gasteiger charge is -2.01. The van der Waals surface area contributed by atoms with Crippen molar-refractivity contribution >= 4 is 0 Å². The van der Waals surface area contributed by atoms with E-state index in [1.54, 1.807) is 0 Å². The average molecular weight is 175 g/mol. The molecule has 66 valence electrons. The van der Waals surface area contributed by atoms with Crippen molar-refractivity contribution in [2.24, 2.45) is 0 Å². The summed E-state index contributed by atoms with van der Waals surface area (Å²) in [6, 6.07) is 0.777. The molecule has 1 aromatic rings. The van der Waals surface area contributed by atoms with Gasteiger partial charge in [-0.2, -0.15) is 0 Å². The number of halogens is 2. The summed E-state index contributed by atoms with van der Waals surface area (Å²) < 4.78 is 24.0. The minimum Gasteiger partial charge on any atom is -0.506 e. The molecule has 0 aliphatic carbocycles. The van der Waals surface area contributed by atoms with E-state index in [9.17, 15) is 13.6 Å². The third-order valence-corrected chi connectivity index (χ3v) is 1.47. The largest absolute Gasteiger partial charge is 0.506 e. The Morgan fingerprint density at radius 1 is 1.58 bits per heavy atom. The number of pyridine rings is 1. The van der Waals surface area contributed by atoms with E-state index in [-0.39, 0.29) is 11.4 Å². The second-order valence-corrected chi connectivity index (χ2v) is 2.36. The van der Waals surface area contributed by atoms with Crippen LogP contribution in [0.3, 0.4) is 0 Å². The van der Waals surface area contributed by atoms with Crippen molar-refractivity contribution in [3.8, 4) is 5.75 Å². The first-order valence-electron chi connectivity index (χ1n) is 3.23. The van der Waals surface area contributed by atoms with Crippen molar-refractivity contribution in [3.63, 3.8) is 0 Å². The molecule has 12 heavy (non-hydrogen) atoms. The van der Waals surface area contributed by atoms with Gasteiger partial charge in [-0.05, 0) is 13.0 Å². The molecule has 0 aliphatic heterocycles. The van der Waals surface area contributed by atoms with Gasteiger partial charge in [-0.15, -0.1) is 0 Å². The summed E-state index contributed by atoms with van der Waals surface area (Å²) >= 11 is 0. The summed E-state index contributed by atoms with van der Waals surface area (Å²) in [5.74, 6) is -0.329. The minimum atomic E-state index is -2.86. The molecule has 5 heteroatoms. The molecule has 0 bridgehead atoms. The highest BCUT2D eigenvalue weighted by Crippen LogP contribution is 2.19. The van der Waals surface area contributed by atoms with E-state index in [1.165, 1.54) is 6.92 Å². The number of aromatic nitrogens is 1. The van der Waals surface area contributed by atoms with Crippen LogP contribution in [0.1, 0.15) is 17.7 Å². The normalized spacial score (nSPS) is 10.7. The molecule has 0 aliphatic rings. The highest BCUT2D eigenvalue weighted by atomic mass is 19.3. The molecule has 2 N–H and O–H groups in total. The number of aromatic amines is 1. The summed E-state index contributed by atoms with van der Waals surface area (Å²) in [4.78, 5) is 12.9. The van der Waals surface area contributed by atoms with Gasteiger partial charge in [0.25, 0.3) is 12.0 Å². The molecule has 1 aromatic heterocycles. The third kappa shape index (κ3) is 1.44. The van der Waals surface area contributed by atoms with Crippen molar-refractivity contribution in [3.05, 3.63) is 27.7 Å². The van der Waals surface area contributed by atoms with Gasteiger partial charge < -0.3 is 10.1 Å². The Labute approximate surface area is 66.7 Å². The molecular formula is C7H7F2NO2. The van der Waals surface area contributed by atoms with Crippen LogP contribution in [0, 0.1) is 6.92 Å². The van der Waals surface area contributed by atoms with Gasteiger partial charge in [0.05, 0.1) is 11.3 Å². The Balaban J connectivity index is 3.33. The molecule has 0 saturated heterocycles. The summed E-state index contributed by atoms with van der Waals surface area (Å²) in [6.07, 6.45) is -2.86. The first-order valence-corrected chi connectivity index (χ1v) is 3.23. The zero-order chi connectivity index (χ0) is 9.30. The van der Waals surface area contributed by atoms with Gasteiger partial charge in [0.2, 0.25) is 0 Å². The molecule has 0 unspecified atom stereocenters. The lowest BCUT2D eigenvalue weighted by atomic mass is 10.2. The maximum Gasteiger partial charge on any atom is 0.269 e. The van der Waals surface area contributed by atoms with Crippen molar-refractivity contribution in [1.29, 1.82) is 0 Å². The van der Waals surface area contributed by atoms with E-state index in [1.807, 2.05) is 0 Å². The Hall–Kier alpha value is -1.39. The lowest BCUT2D eigenvalue weighted by Crippen LogP contribution is -2.13. The standard InChI is InChI=1S/C7H7F2NO2/c1-3-5(11)2-4(6(8)9)7(12)10-3/h2,6,11H,1H3,(H,10,12). The Morgan fingerprint density at radius 2 is 2.17 bits per heavy atom. The number of rotatable bonds is 1. The molecule has 0 saturated carbocycles. The number of hydrogen-bond donors (Lipinski definition) is 2. The van der Waals surface area contributed by atoms with Crippen molar-refractivity contribution in [2.75, 3.05) is 0 Å². The first-order chi connectivity index (χ1) is 5.52. The predicted molar refractivity (Wildman–Crippen MR) is 38.4 cm³/mol. The van der Waals surface area contributed by atoms with E-state index < -0.39 is 17.5 Å². The Morgan fingerprint density at radius 3 is 2.67 bits per heavy atom. The summed E-state index contributed by atoms with van der Waals surface area (Å²) in [7, 11) is 0. The van der Waals surface area contributed by atoms with E-state index in [4.69, 9.17) is 5.11 Å². The van der Waals surface area contributed by atoms with Crippen LogP contribution in [0.5, 0.6) is 5.75 Å². The van der Waals surface area contributed by atoms with Gasteiger partial charge in [0.1, 0.15) is 5.75 Å². The van der Waals surface area contributed by atoms with Gasteiger partial charge in [0.15, 0.2) is 0 Å². The van der Waals surface area contributed by atoms with Crippen LogP contribution in [0.4, 0.5) is 8.78 Å². The fourth-order valence-electron chi connectivity index (χ4n) is 0.790. The van der Waals surface area contributed by atoms with Gasteiger partial charge in [-0.1, -0.05) is 0 Å². The highest BCUT2D eigenvalue weighted by molar-refractivity contribution is 5.29. The van der Waals surface area contributed by atoms with Crippen LogP contribution in [-0.2, 0) is 0 Å². The van der Waals surface area contributed by atoms with Gasteiger partial charge in [0, 0.05) is 0 Å². The molecule has 0 amide bonds. The van der Waals surface area contributed by atoms with Crippen molar-refractivity contribution in [1.82, 2.24) is 4.98 Å². The van der Waals surface area contributed by atoms with Crippen molar-refractivity contribution in [2.45, 2.75) is 13.3 Å². The second kappa shape index (κ2) is 2.92. The van der Waals surface area contributed by atoms with E-state index >= 15 is 0 Å². The summed E-state index contributed by atoms with van der Waals surface area (Å²) in [6.45, 7) is 1.42. The molecule has 1 heterocycles. The maximum absolute atomic E-state index is 12.0. The van der Waals surface area contributed by atoms with Gasteiger partial charge >= 0.3 is 0 Å². The minimum absolute atomic E-state index is 0.185. The van der Waals surface area contributed by atoms with E-state index in [0.717, 1.165) is 6.07 Å². The van der Waals surface area contributed by atoms with Gasteiger partial charge in [-0.25, -0.2) is 8.78 Å². The Kier molecular flexibility index (Phi) is 2.12. The fourth-order valence-corrected chi connectivity index (χ4v) is 0.790. The van der Waals surface area contributed by atoms with Crippen LogP contribution in [0.25, 0.3) is 0 Å². The monoisotopic (exact) mass is 175 g/mol. The van der Waals surface area contributed by atoms with Crippen LogP contribution in [0.15, 0.2) is 10.9 Å². The summed E-state index contributed by atoms with van der Waals surface area (Å²) in [5.41, 5.74) is -1.39. The van der Waals surface area contributed by atoms with E-state index in [0.29, 0.717) is 0 Å². The van der Waals surface area contributed by atoms with Crippen molar-refractivity contribution < 1.29 is 13.9 Å². The lowest BCUT2D eigenvalue weighted by molar-refractivity contribution is 0.149. The average Bonchev–Trinajstić information content (AvgIpc) is 1.96. The molecule has 0 radical (unpaired) electrons. The fraction of sp³-hybridized carbons (Fsp3) is 0.286. The molecule has 1 rings (SSSR count). The number of aryl methyl sites for hydroxylation is 1. The molecule has 3 nitrogen and oxygen atoms in total. The number of aromatic hydroxyl groups is 1. The Bertz CT molecular complexity index is 346. The zero-order valence-electron chi connectivity index (χ0n) is 6.27. The molecule has 0 spiro atoms. The van der Waals surface area contributed by atoms with Gasteiger partial charge in [-0.3, -0.25) is 4.79 Å². The summed E-state index contributed by atoms with van der Waals surface area (Å²) in [5, 5.41) is 8.97. The smallest absolute Gasteiger partial charge is 0.269 e. The number of H-pyrrole nitrogens is 1. The molecule has 0 aromatic carbocycles. The molecule has 0 atom stereocenters. The number of hydrogen-bond acceptors (Lipinski definition) is 2. The van der Waals surface area contributed by atoms with Crippen LogP contribution in [-0.4, -0.2) is 10.1 Å². The maximum atomic E-state index is 12.0. The van der Waals surface area contributed by atoms with E-state index in [2.05, 4.69) is 4.98 Å². The second-order valence-electron chi connectivity index (χ2n) is 2.36. The van der Waals surface area contributed by atoms with Crippen LogP contribution >= 0.6 is 0 Å².